The van der Waals surface area contributed by atoms with E-state index in [0.717, 1.165) is 43.9 Å². The number of carbonyl (C=O) groups excluding carboxylic acids is 1. The molecule has 0 radical (unpaired) electrons. The minimum Gasteiger partial charge on any atom is -0.478 e. The van der Waals surface area contributed by atoms with Crippen molar-refractivity contribution < 1.29 is 19.6 Å². The van der Waals surface area contributed by atoms with Crippen LogP contribution in [0.4, 0.5) is 5.69 Å². The summed E-state index contributed by atoms with van der Waals surface area (Å²) in [6.45, 7) is 1.92. The molecule has 1 unspecified atom stereocenters. The lowest BCUT2D eigenvalue weighted by Crippen LogP contribution is -2.39. The summed E-state index contributed by atoms with van der Waals surface area (Å²) in [6.07, 6.45) is 5.60. The maximum atomic E-state index is 12.3. The highest BCUT2D eigenvalue weighted by Gasteiger charge is 2.23. The molecule has 0 spiro atoms. The van der Waals surface area contributed by atoms with Crippen LogP contribution in [0, 0.1) is 16.0 Å². The number of carboxylic acids is 1. The molecular formula is C16H20N2O5. The smallest absolute Gasteiger partial charge is 0.335 e. The minimum absolute atomic E-state index is 0.000686. The molecule has 1 saturated carbocycles. The monoisotopic (exact) mass is 320 g/mol. The van der Waals surface area contributed by atoms with Crippen molar-refractivity contribution >= 4 is 17.6 Å². The van der Waals surface area contributed by atoms with Crippen molar-refractivity contribution in [2.24, 2.45) is 5.92 Å². The quantitative estimate of drug-likeness (QED) is 0.640. The minimum atomic E-state index is -1.30. The van der Waals surface area contributed by atoms with E-state index >= 15 is 0 Å². The van der Waals surface area contributed by atoms with Crippen LogP contribution in [0.3, 0.4) is 0 Å². The molecule has 124 valence electrons. The zero-order valence-corrected chi connectivity index (χ0v) is 12.9. The molecule has 2 N–H and O–H groups in total. The average Bonchev–Trinajstić information content (AvgIpc) is 2.55. The number of nitrogens with zero attached hydrogens (tertiary/aromatic N) is 1. The SMILES string of the molecule is CC(NC(=O)c1cc(C(=O)O)cc([N+](=O)[O-])c1)C1CCCCC1. The Balaban J connectivity index is 2.17. The number of nitrogens with one attached hydrogen (secondary N) is 1. The van der Waals surface area contributed by atoms with Gasteiger partial charge in [-0.3, -0.25) is 14.9 Å². The number of nitro benzene ring substituents is 1. The maximum absolute atomic E-state index is 12.3. The molecule has 0 aliphatic heterocycles. The standard InChI is InChI=1S/C16H20N2O5/c1-10(11-5-3-2-4-6-11)17-15(19)12-7-13(16(20)21)9-14(8-12)18(22)23/h7-11H,2-6H2,1H3,(H,17,19)(H,20,21). The lowest BCUT2D eigenvalue weighted by molar-refractivity contribution is -0.384. The van der Waals surface area contributed by atoms with E-state index in [0.29, 0.717) is 5.92 Å². The second-order valence-corrected chi connectivity index (χ2v) is 5.99. The van der Waals surface area contributed by atoms with Crippen molar-refractivity contribution in [1.29, 1.82) is 0 Å². The molecule has 1 amide bonds. The summed E-state index contributed by atoms with van der Waals surface area (Å²) in [6, 6.07) is 3.17. The molecular weight excluding hydrogens is 300 g/mol. The predicted molar refractivity (Wildman–Crippen MR) is 83.6 cm³/mol. The highest BCUT2D eigenvalue weighted by Crippen LogP contribution is 2.26. The van der Waals surface area contributed by atoms with E-state index in [2.05, 4.69) is 5.32 Å². The van der Waals surface area contributed by atoms with Crippen LogP contribution in [0.25, 0.3) is 0 Å². The third kappa shape index (κ3) is 4.28. The highest BCUT2D eigenvalue weighted by molar-refractivity contribution is 5.98. The molecule has 7 heteroatoms. The Morgan fingerprint density at radius 2 is 1.83 bits per heavy atom. The van der Waals surface area contributed by atoms with E-state index in [4.69, 9.17) is 5.11 Å². The summed E-state index contributed by atoms with van der Waals surface area (Å²) in [7, 11) is 0. The van der Waals surface area contributed by atoms with Crippen LogP contribution in [0.5, 0.6) is 0 Å². The van der Waals surface area contributed by atoms with Gasteiger partial charge in [-0.15, -0.1) is 0 Å². The largest absolute Gasteiger partial charge is 0.478 e. The lowest BCUT2D eigenvalue weighted by Gasteiger charge is -2.28. The van der Waals surface area contributed by atoms with Gasteiger partial charge in [0.25, 0.3) is 11.6 Å². The summed E-state index contributed by atoms with van der Waals surface area (Å²) < 4.78 is 0. The molecule has 23 heavy (non-hydrogen) atoms. The molecule has 1 aliphatic rings. The number of carbonyl (C=O) groups is 2. The first-order valence-corrected chi connectivity index (χ1v) is 7.72. The van der Waals surface area contributed by atoms with Crippen molar-refractivity contribution in [3.8, 4) is 0 Å². The van der Waals surface area contributed by atoms with Gasteiger partial charge in [-0.2, -0.15) is 0 Å². The van der Waals surface area contributed by atoms with E-state index in [1.807, 2.05) is 6.92 Å². The summed E-state index contributed by atoms with van der Waals surface area (Å²) >= 11 is 0. The maximum Gasteiger partial charge on any atom is 0.335 e. The van der Waals surface area contributed by atoms with Gasteiger partial charge in [-0.25, -0.2) is 4.79 Å². The van der Waals surface area contributed by atoms with E-state index < -0.39 is 22.5 Å². The number of carboxylic acid groups (broad SMARTS) is 1. The Hall–Kier alpha value is -2.44. The van der Waals surface area contributed by atoms with Crippen molar-refractivity contribution in [3.05, 3.63) is 39.4 Å². The van der Waals surface area contributed by atoms with Crippen LogP contribution in [0.1, 0.15) is 59.7 Å². The van der Waals surface area contributed by atoms with Gasteiger partial charge in [0.05, 0.1) is 10.5 Å². The van der Waals surface area contributed by atoms with Crippen LogP contribution in [-0.2, 0) is 0 Å². The summed E-state index contributed by atoms with van der Waals surface area (Å²) in [5.41, 5.74) is -0.672. The van der Waals surface area contributed by atoms with Gasteiger partial charge >= 0.3 is 5.97 Å². The molecule has 0 saturated heterocycles. The van der Waals surface area contributed by atoms with Crippen LogP contribution in [-0.4, -0.2) is 27.9 Å². The first kappa shape index (κ1) is 16.9. The molecule has 7 nitrogen and oxygen atoms in total. The Bertz CT molecular complexity index is 591. The van der Waals surface area contributed by atoms with Gasteiger partial charge in [0.1, 0.15) is 0 Å². The van der Waals surface area contributed by atoms with Crippen molar-refractivity contribution in [3.63, 3.8) is 0 Å². The molecule has 1 aromatic carbocycles. The van der Waals surface area contributed by atoms with Gasteiger partial charge in [0.15, 0.2) is 0 Å². The summed E-state index contributed by atoms with van der Waals surface area (Å²) in [4.78, 5) is 33.6. The number of hydrogen-bond acceptors (Lipinski definition) is 4. The molecule has 0 bridgehead atoms. The second kappa shape index (κ2) is 7.21. The number of aromatic carboxylic acids is 1. The van der Waals surface area contributed by atoms with E-state index in [1.165, 1.54) is 6.42 Å². The zero-order valence-electron chi connectivity index (χ0n) is 12.9. The van der Waals surface area contributed by atoms with Gasteiger partial charge in [0, 0.05) is 23.7 Å². The third-order valence-electron chi connectivity index (χ3n) is 4.35. The van der Waals surface area contributed by atoms with E-state index in [-0.39, 0.29) is 17.2 Å². The van der Waals surface area contributed by atoms with Crippen molar-refractivity contribution in [2.75, 3.05) is 0 Å². The zero-order chi connectivity index (χ0) is 17.0. The lowest BCUT2D eigenvalue weighted by atomic mass is 9.84. The number of rotatable bonds is 5. The number of non-ortho nitro benzene ring substituents is 1. The molecule has 1 aromatic rings. The number of benzene rings is 1. The molecule has 0 aromatic heterocycles. The summed E-state index contributed by atoms with van der Waals surface area (Å²) in [5.74, 6) is -1.39. The van der Waals surface area contributed by atoms with Crippen LogP contribution in [0.15, 0.2) is 18.2 Å². The van der Waals surface area contributed by atoms with E-state index in [1.54, 1.807) is 0 Å². The highest BCUT2D eigenvalue weighted by atomic mass is 16.6. The number of hydrogen-bond donors (Lipinski definition) is 2. The molecule has 1 atom stereocenters. The number of amides is 1. The Labute approximate surface area is 133 Å². The fourth-order valence-corrected chi connectivity index (χ4v) is 3.01. The first-order valence-electron chi connectivity index (χ1n) is 7.72. The van der Waals surface area contributed by atoms with Crippen molar-refractivity contribution in [1.82, 2.24) is 5.32 Å². The molecule has 2 rings (SSSR count). The van der Waals surface area contributed by atoms with Gasteiger partial charge in [-0.1, -0.05) is 19.3 Å². The van der Waals surface area contributed by atoms with Crippen LogP contribution < -0.4 is 5.32 Å². The fraction of sp³-hybridized carbons (Fsp3) is 0.500. The van der Waals surface area contributed by atoms with Crippen molar-refractivity contribution in [2.45, 2.75) is 45.1 Å². The topological polar surface area (TPSA) is 110 Å². The Morgan fingerprint density at radius 3 is 2.39 bits per heavy atom. The van der Waals surface area contributed by atoms with Crippen LogP contribution >= 0.6 is 0 Å². The average molecular weight is 320 g/mol. The number of nitro groups is 1. The van der Waals surface area contributed by atoms with Gasteiger partial charge in [-0.05, 0) is 31.7 Å². The first-order chi connectivity index (χ1) is 10.9. The van der Waals surface area contributed by atoms with E-state index in [9.17, 15) is 19.7 Å². The Morgan fingerprint density at radius 1 is 1.22 bits per heavy atom. The van der Waals surface area contributed by atoms with Gasteiger partial charge in [0.2, 0.25) is 0 Å². The molecule has 0 heterocycles. The molecule has 1 aliphatic carbocycles. The summed E-state index contributed by atoms with van der Waals surface area (Å²) in [5, 5.41) is 22.8. The third-order valence-corrected chi connectivity index (χ3v) is 4.35. The molecule has 1 fully saturated rings. The Kier molecular flexibility index (Phi) is 5.31. The predicted octanol–water partition coefficient (Wildman–Crippen LogP) is 2.99. The fourth-order valence-electron chi connectivity index (χ4n) is 3.01. The van der Waals surface area contributed by atoms with Gasteiger partial charge < -0.3 is 10.4 Å². The second-order valence-electron chi connectivity index (χ2n) is 5.99. The normalized spacial score (nSPS) is 16.6. The van der Waals surface area contributed by atoms with Crippen LogP contribution in [0.2, 0.25) is 0 Å².